The summed E-state index contributed by atoms with van der Waals surface area (Å²) in [6.45, 7) is 8.55. The second-order valence-electron chi connectivity index (χ2n) is 6.04. The maximum Gasteiger partial charge on any atom is 0.500 e. The fourth-order valence-corrected chi connectivity index (χ4v) is 5.68. The Morgan fingerprint density at radius 2 is 1.42 bits per heavy atom. The molecule has 0 atom stereocenters. The van der Waals surface area contributed by atoms with Crippen LogP contribution in [-0.2, 0) is 25.0 Å². The van der Waals surface area contributed by atoms with Gasteiger partial charge in [0.25, 0.3) is 0 Å². The zero-order valence-corrected chi connectivity index (χ0v) is 18.1. The first kappa shape index (κ1) is 21.8. The SMILES string of the molecule is CCCO[Si](CCCc1cccc(CBr)c1)(OCCC)OCCC. The van der Waals surface area contributed by atoms with E-state index >= 15 is 0 Å². The van der Waals surface area contributed by atoms with Gasteiger partial charge in [-0.3, -0.25) is 0 Å². The maximum atomic E-state index is 6.15. The van der Waals surface area contributed by atoms with Crippen LogP contribution in [0.2, 0.25) is 6.04 Å². The van der Waals surface area contributed by atoms with E-state index in [0.717, 1.165) is 63.3 Å². The Bertz CT molecular complexity index is 421. The molecule has 0 saturated heterocycles. The molecule has 1 aromatic rings. The minimum absolute atomic E-state index is 0.721. The molecule has 0 radical (unpaired) electrons. The molecule has 0 amide bonds. The Morgan fingerprint density at radius 3 is 1.92 bits per heavy atom. The molecular weight excluding hydrogens is 384 g/mol. The van der Waals surface area contributed by atoms with Crippen LogP contribution < -0.4 is 0 Å². The fraction of sp³-hybridized carbons (Fsp3) is 0.684. The summed E-state index contributed by atoms with van der Waals surface area (Å²) >= 11 is 3.52. The predicted molar refractivity (Wildman–Crippen MR) is 107 cm³/mol. The molecule has 3 nitrogen and oxygen atoms in total. The van der Waals surface area contributed by atoms with Gasteiger partial charge in [0.2, 0.25) is 0 Å². The zero-order chi connectivity index (χ0) is 17.7. The van der Waals surface area contributed by atoms with Crippen LogP contribution >= 0.6 is 15.9 Å². The lowest BCUT2D eigenvalue weighted by Gasteiger charge is -2.29. The van der Waals surface area contributed by atoms with Crippen LogP contribution in [0.1, 0.15) is 57.6 Å². The van der Waals surface area contributed by atoms with E-state index in [1.807, 2.05) is 0 Å². The van der Waals surface area contributed by atoms with Crippen molar-refractivity contribution in [2.24, 2.45) is 0 Å². The molecule has 1 rings (SSSR count). The van der Waals surface area contributed by atoms with Crippen molar-refractivity contribution in [1.82, 2.24) is 0 Å². The topological polar surface area (TPSA) is 27.7 Å². The molecule has 0 aliphatic heterocycles. The molecule has 0 heterocycles. The Labute approximate surface area is 157 Å². The van der Waals surface area contributed by atoms with Gasteiger partial charge in [0, 0.05) is 31.2 Å². The first-order chi connectivity index (χ1) is 11.7. The maximum absolute atomic E-state index is 6.15. The Kier molecular flexibility index (Phi) is 11.9. The third kappa shape index (κ3) is 8.25. The van der Waals surface area contributed by atoms with Crippen molar-refractivity contribution in [3.05, 3.63) is 35.4 Å². The highest BCUT2D eigenvalue weighted by Crippen LogP contribution is 2.21. The quantitative estimate of drug-likeness (QED) is 0.286. The average molecular weight is 417 g/mol. The normalized spacial score (nSPS) is 11.8. The standard InChI is InChI=1S/C19H33BrO3Si/c1-4-12-21-24(22-13-5-2,23-14-6-3)15-8-11-18-9-7-10-19(16-18)17-20/h7,9-10,16H,4-6,8,11-15,17H2,1-3H3. The van der Waals surface area contributed by atoms with Crippen molar-refractivity contribution >= 4 is 24.7 Å². The second kappa shape index (κ2) is 13.1. The van der Waals surface area contributed by atoms with Crippen LogP contribution in [0, 0.1) is 0 Å². The molecule has 138 valence electrons. The number of rotatable bonds is 14. The highest BCUT2D eigenvalue weighted by molar-refractivity contribution is 9.08. The van der Waals surface area contributed by atoms with E-state index < -0.39 is 8.80 Å². The molecule has 0 spiro atoms. The van der Waals surface area contributed by atoms with E-state index in [9.17, 15) is 0 Å². The van der Waals surface area contributed by atoms with Gasteiger partial charge in [-0.15, -0.1) is 0 Å². The minimum Gasteiger partial charge on any atom is -0.373 e. The number of hydrogen-bond donors (Lipinski definition) is 0. The van der Waals surface area contributed by atoms with Crippen molar-refractivity contribution < 1.29 is 13.3 Å². The van der Waals surface area contributed by atoms with Crippen LogP contribution in [0.25, 0.3) is 0 Å². The summed E-state index contributed by atoms with van der Waals surface area (Å²) in [5.74, 6) is 0. The molecule has 0 bridgehead atoms. The lowest BCUT2D eigenvalue weighted by Crippen LogP contribution is -2.46. The van der Waals surface area contributed by atoms with Crippen molar-refractivity contribution in [2.45, 2.75) is 64.2 Å². The van der Waals surface area contributed by atoms with Crippen LogP contribution in [0.4, 0.5) is 0 Å². The Balaban J connectivity index is 2.66. The van der Waals surface area contributed by atoms with E-state index in [2.05, 4.69) is 61.0 Å². The number of halogens is 1. The molecule has 0 N–H and O–H groups in total. The third-order valence-electron chi connectivity index (χ3n) is 3.67. The summed E-state index contributed by atoms with van der Waals surface area (Å²) in [7, 11) is -2.54. The average Bonchev–Trinajstić information content (AvgIpc) is 2.62. The third-order valence-corrected chi connectivity index (χ3v) is 7.22. The number of hydrogen-bond acceptors (Lipinski definition) is 3. The minimum atomic E-state index is -2.54. The lowest BCUT2D eigenvalue weighted by atomic mass is 10.1. The molecule has 0 aliphatic carbocycles. The zero-order valence-electron chi connectivity index (χ0n) is 15.5. The molecule has 1 aromatic carbocycles. The van der Waals surface area contributed by atoms with Gasteiger partial charge in [0.05, 0.1) is 0 Å². The molecule has 0 fully saturated rings. The smallest absolute Gasteiger partial charge is 0.373 e. The Hall–Kier alpha value is -0.203. The van der Waals surface area contributed by atoms with Gasteiger partial charge in [0.15, 0.2) is 0 Å². The molecule has 0 unspecified atom stereocenters. The van der Waals surface area contributed by atoms with Gasteiger partial charge in [-0.05, 0) is 43.2 Å². The second-order valence-corrected chi connectivity index (χ2v) is 9.33. The first-order valence-corrected chi connectivity index (χ1v) is 12.3. The van der Waals surface area contributed by atoms with Crippen molar-refractivity contribution in [2.75, 3.05) is 19.8 Å². The monoisotopic (exact) mass is 416 g/mol. The van der Waals surface area contributed by atoms with Crippen LogP contribution in [-0.4, -0.2) is 28.6 Å². The summed E-state index contributed by atoms with van der Waals surface area (Å²) < 4.78 is 18.5. The summed E-state index contributed by atoms with van der Waals surface area (Å²) in [5.41, 5.74) is 2.69. The number of alkyl halides is 1. The summed E-state index contributed by atoms with van der Waals surface area (Å²) in [6, 6.07) is 9.64. The highest BCUT2D eigenvalue weighted by atomic mass is 79.9. The largest absolute Gasteiger partial charge is 0.500 e. The van der Waals surface area contributed by atoms with Crippen molar-refractivity contribution in [3.8, 4) is 0 Å². The van der Waals surface area contributed by atoms with Crippen LogP contribution in [0.15, 0.2) is 24.3 Å². The van der Waals surface area contributed by atoms with Gasteiger partial charge >= 0.3 is 8.80 Å². The van der Waals surface area contributed by atoms with E-state index in [1.165, 1.54) is 11.1 Å². The molecule has 5 heteroatoms. The molecule has 0 aromatic heterocycles. The van der Waals surface area contributed by atoms with Gasteiger partial charge in [-0.2, -0.15) is 0 Å². The lowest BCUT2D eigenvalue weighted by molar-refractivity contribution is 0.0588. The molecule has 0 aliphatic rings. The Morgan fingerprint density at radius 1 is 0.875 bits per heavy atom. The summed E-state index contributed by atoms with van der Waals surface area (Å²) in [4.78, 5) is 0. The summed E-state index contributed by atoms with van der Waals surface area (Å²) in [6.07, 6.45) is 5.05. The van der Waals surface area contributed by atoms with E-state index in [0.29, 0.717) is 0 Å². The molecule has 0 saturated carbocycles. The van der Waals surface area contributed by atoms with Crippen molar-refractivity contribution in [1.29, 1.82) is 0 Å². The van der Waals surface area contributed by atoms with Crippen LogP contribution in [0.5, 0.6) is 0 Å². The predicted octanol–water partition coefficient (Wildman–Crippen LogP) is 5.73. The van der Waals surface area contributed by atoms with E-state index in [4.69, 9.17) is 13.3 Å². The van der Waals surface area contributed by atoms with Gasteiger partial charge in [-0.1, -0.05) is 61.0 Å². The highest BCUT2D eigenvalue weighted by Gasteiger charge is 2.40. The molecular formula is C19H33BrO3Si. The van der Waals surface area contributed by atoms with E-state index in [1.54, 1.807) is 0 Å². The number of benzene rings is 1. The first-order valence-electron chi connectivity index (χ1n) is 9.25. The van der Waals surface area contributed by atoms with Crippen LogP contribution in [0.3, 0.4) is 0 Å². The summed E-state index contributed by atoms with van der Waals surface area (Å²) in [5, 5.41) is 0.901. The van der Waals surface area contributed by atoms with Gasteiger partial charge in [0.1, 0.15) is 0 Å². The van der Waals surface area contributed by atoms with E-state index in [-0.39, 0.29) is 0 Å². The fourth-order valence-electron chi connectivity index (χ4n) is 2.49. The molecule has 24 heavy (non-hydrogen) atoms. The van der Waals surface area contributed by atoms with Gasteiger partial charge in [-0.25, -0.2) is 0 Å². The van der Waals surface area contributed by atoms with Crippen molar-refractivity contribution in [3.63, 3.8) is 0 Å². The number of aryl methyl sites for hydroxylation is 1. The van der Waals surface area contributed by atoms with Gasteiger partial charge < -0.3 is 13.3 Å².